The summed E-state index contributed by atoms with van der Waals surface area (Å²) in [4.78, 5) is 33.8. The van der Waals surface area contributed by atoms with E-state index in [2.05, 4.69) is 83.7 Å². The maximum Gasteiger partial charge on any atom is 0.209 e. The number of rotatable bonds is 7. The second-order valence-electron chi connectivity index (χ2n) is 12.8. The molecule has 0 unspecified atom stereocenters. The highest BCUT2D eigenvalue weighted by molar-refractivity contribution is 7.22. The van der Waals surface area contributed by atoms with Crippen LogP contribution in [0.1, 0.15) is 38.8 Å². The zero-order valence-electron chi connectivity index (χ0n) is 26.2. The van der Waals surface area contributed by atoms with Crippen molar-refractivity contribution >= 4 is 59.8 Å². The lowest BCUT2D eigenvalue weighted by atomic mass is 9.84. The van der Waals surface area contributed by atoms with Crippen molar-refractivity contribution in [2.24, 2.45) is 0 Å². The van der Waals surface area contributed by atoms with Crippen molar-refractivity contribution in [2.75, 3.05) is 81.9 Å². The maximum absolute atomic E-state index is 12.1. The summed E-state index contributed by atoms with van der Waals surface area (Å²) in [5, 5.41) is 2.17. The minimum Gasteiger partial charge on any atom is -0.362 e. The third-order valence-electron chi connectivity index (χ3n) is 9.62. The molecule has 1 amide bonds. The summed E-state index contributed by atoms with van der Waals surface area (Å²) in [6.45, 7) is 18.9. The molecule has 7 rings (SSSR count). The van der Waals surface area contributed by atoms with Crippen LogP contribution in [0, 0.1) is 0 Å². The van der Waals surface area contributed by atoms with Gasteiger partial charge in [-0.3, -0.25) is 14.6 Å². The minimum absolute atomic E-state index is 0.471. The Labute approximate surface area is 268 Å². The van der Waals surface area contributed by atoms with E-state index in [9.17, 15) is 4.79 Å². The third-order valence-corrected chi connectivity index (χ3v) is 11.8. The van der Waals surface area contributed by atoms with Gasteiger partial charge in [0, 0.05) is 71.0 Å². The normalized spacial score (nSPS) is 20.5. The van der Waals surface area contributed by atoms with Gasteiger partial charge in [0.25, 0.3) is 0 Å². The highest BCUT2D eigenvalue weighted by Crippen LogP contribution is 2.42. The average molecular weight is 634 g/mol. The molecule has 0 N–H and O–H groups in total. The quantitative estimate of drug-likeness (QED) is 0.272. The Balaban J connectivity index is 1.20. The van der Waals surface area contributed by atoms with Gasteiger partial charge < -0.3 is 19.4 Å². The molecule has 0 bridgehead atoms. The Morgan fingerprint density at radius 2 is 1.20 bits per heavy atom. The number of morpholine rings is 1. The molecule has 3 aliphatic heterocycles. The van der Waals surface area contributed by atoms with Gasteiger partial charge in [-0.15, -0.1) is 0 Å². The van der Waals surface area contributed by atoms with Gasteiger partial charge in [-0.05, 0) is 63.1 Å². The number of carbonyl (C=O) groups excluding carboxylic acids is 1. The van der Waals surface area contributed by atoms with Crippen LogP contribution in [0.4, 0.5) is 10.3 Å². The van der Waals surface area contributed by atoms with E-state index < -0.39 is 5.60 Å². The fourth-order valence-corrected chi connectivity index (χ4v) is 8.92. The van der Waals surface area contributed by atoms with Crippen LogP contribution in [0.15, 0.2) is 36.4 Å². The van der Waals surface area contributed by atoms with Gasteiger partial charge in [-0.2, -0.15) is 0 Å². The number of ether oxygens (including phenoxy) is 1. The first-order valence-corrected chi connectivity index (χ1v) is 17.6. The van der Waals surface area contributed by atoms with E-state index in [0.717, 1.165) is 101 Å². The summed E-state index contributed by atoms with van der Waals surface area (Å²) < 4.78 is 9.02. The fourth-order valence-electron chi connectivity index (χ4n) is 6.81. The first-order valence-electron chi connectivity index (χ1n) is 16.0. The standard InChI is InChI=1S/C33H43N7O2S2/c1-23(2)37-9-13-39(14-10-37)31-34-27-7-5-25(19-29(27)43-31)33(21-36(22-41)17-18-42-33)26-6-8-28-30(20-26)44-32(35-28)40-15-11-38(12-16-40)24(3)4/h5-8,19-20,22-24H,9-18,21H2,1-4H3. The van der Waals surface area contributed by atoms with Crippen molar-refractivity contribution in [3.63, 3.8) is 0 Å². The van der Waals surface area contributed by atoms with Crippen molar-refractivity contribution in [2.45, 2.75) is 45.4 Å². The number of nitrogens with zero attached hydrogens (tertiary/aromatic N) is 7. The Hall–Kier alpha value is -2.83. The van der Waals surface area contributed by atoms with Gasteiger partial charge in [-0.25, -0.2) is 9.97 Å². The van der Waals surface area contributed by atoms with Gasteiger partial charge >= 0.3 is 0 Å². The molecule has 0 saturated carbocycles. The van der Waals surface area contributed by atoms with Crippen LogP contribution >= 0.6 is 22.7 Å². The largest absolute Gasteiger partial charge is 0.362 e. The summed E-state index contributed by atoms with van der Waals surface area (Å²) in [5.41, 5.74) is 3.38. The summed E-state index contributed by atoms with van der Waals surface area (Å²) in [7, 11) is 0. The van der Waals surface area contributed by atoms with Crippen LogP contribution in [0.25, 0.3) is 20.4 Å². The van der Waals surface area contributed by atoms with Crippen molar-refractivity contribution in [3.8, 4) is 0 Å². The highest BCUT2D eigenvalue weighted by atomic mass is 32.1. The number of anilines is 2. The number of benzene rings is 2. The van der Waals surface area contributed by atoms with Crippen molar-refractivity contribution in [1.82, 2.24) is 24.7 Å². The Morgan fingerprint density at radius 3 is 1.64 bits per heavy atom. The van der Waals surface area contributed by atoms with Crippen LogP contribution in [0.3, 0.4) is 0 Å². The number of carbonyl (C=O) groups is 1. The van der Waals surface area contributed by atoms with Crippen molar-refractivity contribution in [3.05, 3.63) is 47.5 Å². The molecule has 0 aliphatic carbocycles. The van der Waals surface area contributed by atoms with E-state index in [1.165, 1.54) is 0 Å². The summed E-state index contributed by atoms with van der Waals surface area (Å²) in [5.74, 6) is 0. The number of hydrogen-bond donors (Lipinski definition) is 0. The zero-order valence-corrected chi connectivity index (χ0v) is 27.9. The van der Waals surface area contributed by atoms with E-state index >= 15 is 0 Å². The minimum atomic E-state index is -0.762. The predicted molar refractivity (Wildman–Crippen MR) is 181 cm³/mol. The highest BCUT2D eigenvalue weighted by Gasteiger charge is 2.41. The van der Waals surface area contributed by atoms with E-state index in [1.54, 1.807) is 22.7 Å². The number of amides is 1. The molecule has 0 atom stereocenters. The molecule has 234 valence electrons. The Kier molecular flexibility index (Phi) is 8.26. The first kappa shape index (κ1) is 29.9. The molecule has 9 nitrogen and oxygen atoms in total. The van der Waals surface area contributed by atoms with Crippen LogP contribution in [0.5, 0.6) is 0 Å². The van der Waals surface area contributed by atoms with Gasteiger partial charge in [-0.1, -0.05) is 34.8 Å². The second kappa shape index (κ2) is 12.2. The molecular formula is C33H43N7O2S2. The summed E-state index contributed by atoms with van der Waals surface area (Å²) in [6.07, 6.45) is 0.956. The van der Waals surface area contributed by atoms with Gasteiger partial charge in [0.05, 0.1) is 33.6 Å². The topological polar surface area (TPSA) is 68.3 Å². The fraction of sp³-hybridized carbons (Fsp3) is 0.545. The lowest BCUT2D eigenvalue weighted by molar-refractivity contribution is -0.133. The smallest absolute Gasteiger partial charge is 0.209 e. The third kappa shape index (κ3) is 5.58. The van der Waals surface area contributed by atoms with Crippen LogP contribution in [-0.4, -0.2) is 115 Å². The Morgan fingerprint density at radius 1 is 0.727 bits per heavy atom. The van der Waals surface area contributed by atoms with Crippen LogP contribution in [0.2, 0.25) is 0 Å². The molecule has 2 aromatic heterocycles. The SMILES string of the molecule is CC(C)N1CCN(c2nc3ccc(C4(c5ccc6nc(N7CCN(C(C)C)CC7)sc6c5)CN(C=O)CCO4)cc3s2)CC1. The average Bonchev–Trinajstić information content (AvgIpc) is 3.68. The number of fused-ring (bicyclic) bond motifs is 2. The molecule has 0 spiro atoms. The molecule has 0 radical (unpaired) electrons. The zero-order chi connectivity index (χ0) is 30.4. The lowest BCUT2D eigenvalue weighted by Gasteiger charge is -2.42. The molecule has 2 aromatic carbocycles. The number of aromatic nitrogens is 2. The summed E-state index contributed by atoms with van der Waals surface area (Å²) >= 11 is 3.51. The molecule has 3 saturated heterocycles. The molecule has 3 fully saturated rings. The van der Waals surface area contributed by atoms with Crippen molar-refractivity contribution < 1.29 is 9.53 Å². The van der Waals surface area contributed by atoms with E-state index in [0.29, 0.717) is 31.8 Å². The lowest BCUT2D eigenvalue weighted by Crippen LogP contribution is -2.50. The van der Waals surface area contributed by atoms with Crippen LogP contribution in [-0.2, 0) is 15.1 Å². The van der Waals surface area contributed by atoms with E-state index in [1.807, 2.05) is 4.90 Å². The Bertz CT molecular complexity index is 1510. The maximum atomic E-state index is 12.1. The number of thiazole rings is 2. The predicted octanol–water partition coefficient (Wildman–Crippen LogP) is 4.70. The van der Waals surface area contributed by atoms with Crippen molar-refractivity contribution in [1.29, 1.82) is 0 Å². The molecule has 5 heterocycles. The van der Waals surface area contributed by atoms with E-state index in [4.69, 9.17) is 14.7 Å². The first-order chi connectivity index (χ1) is 21.3. The second-order valence-corrected chi connectivity index (χ2v) is 14.9. The van der Waals surface area contributed by atoms with Gasteiger partial charge in [0.15, 0.2) is 10.3 Å². The van der Waals surface area contributed by atoms with E-state index in [-0.39, 0.29) is 0 Å². The van der Waals surface area contributed by atoms with Gasteiger partial charge in [0.2, 0.25) is 6.41 Å². The number of piperazine rings is 2. The molecule has 4 aromatic rings. The molecule has 11 heteroatoms. The van der Waals surface area contributed by atoms with Gasteiger partial charge in [0.1, 0.15) is 5.60 Å². The summed E-state index contributed by atoms with van der Waals surface area (Å²) in [6, 6.07) is 14.2. The van der Waals surface area contributed by atoms with Crippen LogP contribution < -0.4 is 9.80 Å². The monoisotopic (exact) mass is 633 g/mol. The molecule has 44 heavy (non-hydrogen) atoms. The number of hydrogen-bond acceptors (Lipinski definition) is 10. The molecular weight excluding hydrogens is 591 g/mol. The molecule has 3 aliphatic rings.